The number of halogens is 3. The van der Waals surface area contributed by atoms with Gasteiger partial charge in [0.15, 0.2) is 15.9 Å². The smallest absolute Gasteiger partial charge is 0.332 e. The Morgan fingerprint density at radius 2 is 2.00 bits per heavy atom. The van der Waals surface area contributed by atoms with Crippen molar-refractivity contribution in [3.63, 3.8) is 0 Å². The molecule has 4 rings (SSSR count). The van der Waals surface area contributed by atoms with Gasteiger partial charge in [-0.3, -0.25) is 13.9 Å². The number of aromatic amines is 1. The number of H-pyrrole nitrogens is 1. The quantitative estimate of drug-likeness (QED) is 0.487. The highest BCUT2D eigenvalue weighted by molar-refractivity contribution is 9.10. The first-order valence-corrected chi connectivity index (χ1v) is 8.74. The van der Waals surface area contributed by atoms with Crippen molar-refractivity contribution in [1.82, 2.24) is 23.7 Å². The Hall–Kier alpha value is -2.39. The molecule has 0 aliphatic heterocycles. The Morgan fingerprint density at radius 1 is 1.27 bits per heavy atom. The Bertz CT molecular complexity index is 1280. The van der Waals surface area contributed by atoms with Crippen LogP contribution in [0.3, 0.4) is 0 Å². The van der Waals surface area contributed by atoms with Crippen LogP contribution in [0.1, 0.15) is 5.69 Å². The second kappa shape index (κ2) is 5.82. The Kier molecular flexibility index (Phi) is 3.81. The number of aryl methyl sites for hydroxylation is 2. The zero-order valence-corrected chi connectivity index (χ0v) is 16.0. The first-order valence-electron chi connectivity index (χ1n) is 7.57. The van der Waals surface area contributed by atoms with E-state index in [2.05, 4.69) is 25.9 Å². The van der Waals surface area contributed by atoms with Crippen molar-refractivity contribution in [2.24, 2.45) is 14.1 Å². The molecule has 3 heterocycles. The van der Waals surface area contributed by atoms with Gasteiger partial charge in [-0.2, -0.15) is 0 Å². The molecular weight excluding hydrogens is 429 g/mol. The van der Waals surface area contributed by atoms with E-state index in [4.69, 9.17) is 11.6 Å². The lowest BCUT2D eigenvalue weighted by atomic mass is 10.2. The molecule has 0 amide bonds. The largest absolute Gasteiger partial charge is 0.354 e. The van der Waals surface area contributed by atoms with Crippen LogP contribution in [0.2, 0.25) is 5.02 Å². The predicted molar refractivity (Wildman–Crippen MR) is 100 cm³/mol. The van der Waals surface area contributed by atoms with Crippen molar-refractivity contribution in [2.45, 2.75) is 6.54 Å². The average Bonchev–Trinajstić information content (AvgIpc) is 3.16. The van der Waals surface area contributed by atoms with E-state index in [1.54, 1.807) is 24.7 Å². The van der Waals surface area contributed by atoms with Gasteiger partial charge >= 0.3 is 5.69 Å². The number of nitrogens with zero attached hydrogens (tertiary/aromatic N) is 4. The van der Waals surface area contributed by atoms with E-state index < -0.39 is 17.1 Å². The zero-order chi connectivity index (χ0) is 18.7. The molecule has 4 aromatic rings. The molecular formula is C16H12BrClFN5O2. The van der Waals surface area contributed by atoms with Gasteiger partial charge in [0.05, 0.1) is 17.1 Å². The summed E-state index contributed by atoms with van der Waals surface area (Å²) in [4.78, 5) is 32.6. The molecule has 0 aliphatic carbocycles. The molecule has 0 radical (unpaired) electrons. The number of rotatable bonds is 2. The van der Waals surface area contributed by atoms with E-state index in [9.17, 15) is 14.0 Å². The fraction of sp³-hybridized carbons (Fsp3) is 0.188. The first-order chi connectivity index (χ1) is 12.3. The van der Waals surface area contributed by atoms with Crippen molar-refractivity contribution in [2.75, 3.05) is 0 Å². The highest BCUT2D eigenvalue weighted by Gasteiger charge is 2.18. The summed E-state index contributed by atoms with van der Waals surface area (Å²) < 4.78 is 18.3. The molecule has 3 aromatic heterocycles. The van der Waals surface area contributed by atoms with Gasteiger partial charge in [0.2, 0.25) is 0 Å². The topological polar surface area (TPSA) is 77.6 Å². The van der Waals surface area contributed by atoms with Gasteiger partial charge in [-0.15, -0.1) is 0 Å². The Morgan fingerprint density at radius 3 is 2.69 bits per heavy atom. The minimum atomic E-state index is -0.515. The maximum Gasteiger partial charge on any atom is 0.332 e. The van der Waals surface area contributed by atoms with Crippen molar-refractivity contribution >= 4 is 49.6 Å². The summed E-state index contributed by atoms with van der Waals surface area (Å²) in [5.74, 6) is -0.457. The van der Waals surface area contributed by atoms with Crippen LogP contribution in [-0.4, -0.2) is 23.7 Å². The summed E-state index contributed by atoms with van der Waals surface area (Å²) >= 11 is 9.35. The summed E-state index contributed by atoms with van der Waals surface area (Å²) in [6.45, 7) is -0.0469. The normalized spacial score (nSPS) is 11.7. The molecule has 0 unspecified atom stereocenters. The summed E-state index contributed by atoms with van der Waals surface area (Å²) in [6, 6.07) is 4.35. The number of imidazole rings is 1. The second-order valence-corrected chi connectivity index (χ2v) is 7.07. The lowest BCUT2D eigenvalue weighted by Gasteiger charge is -2.07. The van der Waals surface area contributed by atoms with Crippen LogP contribution in [0.4, 0.5) is 4.39 Å². The van der Waals surface area contributed by atoms with Crippen LogP contribution >= 0.6 is 27.5 Å². The fourth-order valence-electron chi connectivity index (χ4n) is 3.02. The average molecular weight is 441 g/mol. The summed E-state index contributed by atoms with van der Waals surface area (Å²) in [6.07, 6.45) is 0. The van der Waals surface area contributed by atoms with Gasteiger partial charge in [-0.1, -0.05) is 11.6 Å². The summed E-state index contributed by atoms with van der Waals surface area (Å²) in [5, 5.41) is 0.881. The molecule has 1 aromatic carbocycles. The molecule has 0 aliphatic rings. The minimum absolute atomic E-state index is 0.0469. The zero-order valence-electron chi connectivity index (χ0n) is 13.7. The Labute approximate surface area is 158 Å². The third-order valence-electron chi connectivity index (χ3n) is 4.38. The Balaban J connectivity index is 1.95. The van der Waals surface area contributed by atoms with Gasteiger partial charge in [0.1, 0.15) is 5.82 Å². The SMILES string of the molecule is Cn1c(Br)nc2c1c(=O)n(Cc1cc3c(Cl)ccc(F)c3[nH]1)c(=O)n2C. The van der Waals surface area contributed by atoms with Crippen molar-refractivity contribution in [1.29, 1.82) is 0 Å². The minimum Gasteiger partial charge on any atom is -0.354 e. The van der Waals surface area contributed by atoms with Gasteiger partial charge in [0, 0.05) is 25.2 Å². The van der Waals surface area contributed by atoms with Crippen LogP contribution in [-0.2, 0) is 20.6 Å². The first kappa shape index (κ1) is 17.0. The number of fused-ring (bicyclic) bond motifs is 2. The highest BCUT2D eigenvalue weighted by Crippen LogP contribution is 2.26. The van der Waals surface area contributed by atoms with Crippen molar-refractivity contribution in [3.8, 4) is 0 Å². The van der Waals surface area contributed by atoms with Crippen molar-refractivity contribution < 1.29 is 4.39 Å². The maximum absolute atomic E-state index is 14.0. The molecule has 0 fully saturated rings. The van der Waals surface area contributed by atoms with E-state index in [0.29, 0.717) is 26.4 Å². The molecule has 134 valence electrons. The fourth-order valence-corrected chi connectivity index (χ4v) is 3.58. The number of nitrogens with one attached hydrogen (secondary N) is 1. The summed E-state index contributed by atoms with van der Waals surface area (Å²) in [7, 11) is 3.22. The standard InChI is InChI=1S/C16H12BrClFN5O2/c1-22-12-13(21-15(22)17)23(2)16(26)24(14(12)25)6-7-5-8-9(18)3-4-10(19)11(8)20-7/h3-5,20H,6H2,1-2H3. The molecule has 0 saturated carbocycles. The molecule has 10 heteroatoms. The number of benzene rings is 1. The van der Waals surface area contributed by atoms with E-state index in [-0.39, 0.29) is 17.7 Å². The van der Waals surface area contributed by atoms with Gasteiger partial charge in [0.25, 0.3) is 5.56 Å². The third kappa shape index (κ3) is 2.34. The molecule has 0 bridgehead atoms. The number of hydrogen-bond donors (Lipinski definition) is 1. The van der Waals surface area contributed by atoms with Crippen molar-refractivity contribution in [3.05, 3.63) is 60.3 Å². The van der Waals surface area contributed by atoms with E-state index in [1.807, 2.05) is 0 Å². The second-order valence-electron chi connectivity index (χ2n) is 5.96. The van der Waals surface area contributed by atoms with E-state index in [1.165, 1.54) is 16.7 Å². The number of aromatic nitrogens is 5. The predicted octanol–water partition coefficient (Wildman–Crippen LogP) is 2.52. The molecule has 0 atom stereocenters. The van der Waals surface area contributed by atoms with E-state index in [0.717, 1.165) is 4.57 Å². The molecule has 26 heavy (non-hydrogen) atoms. The lowest BCUT2D eigenvalue weighted by molar-refractivity contribution is 0.633. The molecule has 0 spiro atoms. The summed E-state index contributed by atoms with van der Waals surface area (Å²) in [5.41, 5.74) is 0.316. The highest BCUT2D eigenvalue weighted by atomic mass is 79.9. The van der Waals surface area contributed by atoms with Crippen LogP contribution in [0.25, 0.3) is 22.1 Å². The lowest BCUT2D eigenvalue weighted by Crippen LogP contribution is -2.39. The van der Waals surface area contributed by atoms with Crippen LogP contribution < -0.4 is 11.2 Å². The third-order valence-corrected chi connectivity index (χ3v) is 5.42. The van der Waals surface area contributed by atoms with Gasteiger partial charge in [-0.05, 0) is 34.1 Å². The van der Waals surface area contributed by atoms with Crippen LogP contribution in [0.5, 0.6) is 0 Å². The van der Waals surface area contributed by atoms with Crippen LogP contribution in [0, 0.1) is 5.82 Å². The number of hydrogen-bond acceptors (Lipinski definition) is 3. The van der Waals surface area contributed by atoms with E-state index >= 15 is 0 Å². The molecule has 1 N–H and O–H groups in total. The maximum atomic E-state index is 14.0. The van der Waals surface area contributed by atoms with Gasteiger partial charge < -0.3 is 9.55 Å². The van der Waals surface area contributed by atoms with Crippen LogP contribution in [0.15, 0.2) is 32.5 Å². The van der Waals surface area contributed by atoms with Gasteiger partial charge in [-0.25, -0.2) is 14.2 Å². The molecule has 7 nitrogen and oxygen atoms in total. The molecule has 0 saturated heterocycles. The monoisotopic (exact) mass is 439 g/mol.